The van der Waals surface area contributed by atoms with Gasteiger partial charge in [-0.25, -0.2) is 15.0 Å². The molecule has 2 aromatic carbocycles. The number of hydrogen-bond donors (Lipinski definition) is 0. The zero-order chi connectivity index (χ0) is 21.9. The summed E-state index contributed by atoms with van der Waals surface area (Å²) in [4.78, 5) is 21.5. The predicted molar refractivity (Wildman–Crippen MR) is 117 cm³/mol. The number of nitrogens with zero attached hydrogens (tertiary/aromatic N) is 4. The van der Waals surface area contributed by atoms with Crippen molar-refractivity contribution in [2.24, 2.45) is 5.10 Å². The molecule has 0 bridgehead atoms. The van der Waals surface area contributed by atoms with Gasteiger partial charge in [-0.2, -0.15) is 5.10 Å². The first-order valence-electron chi connectivity index (χ1n) is 10.1. The van der Waals surface area contributed by atoms with Crippen LogP contribution in [0.4, 0.5) is 0 Å². The summed E-state index contributed by atoms with van der Waals surface area (Å²) < 4.78 is 16.6. The van der Waals surface area contributed by atoms with E-state index in [9.17, 15) is 4.79 Å². The second-order valence-corrected chi connectivity index (χ2v) is 7.23. The maximum absolute atomic E-state index is 13.1. The molecule has 0 spiro atoms. The van der Waals surface area contributed by atoms with Crippen LogP contribution in [0.15, 0.2) is 82.8 Å². The normalized spacial score (nSPS) is 15.6. The second-order valence-electron chi connectivity index (χ2n) is 7.23. The molecule has 8 heteroatoms. The van der Waals surface area contributed by atoms with E-state index in [1.54, 1.807) is 19.4 Å². The molecule has 0 aliphatic carbocycles. The van der Waals surface area contributed by atoms with Crippen molar-refractivity contribution in [1.29, 1.82) is 0 Å². The number of amides is 1. The van der Waals surface area contributed by atoms with Gasteiger partial charge in [-0.1, -0.05) is 12.1 Å². The average Bonchev–Trinajstić information content (AvgIpc) is 3.53. The van der Waals surface area contributed by atoms with Crippen molar-refractivity contribution in [2.45, 2.75) is 12.5 Å². The maximum atomic E-state index is 13.1. The molecule has 1 aliphatic heterocycles. The SMILES string of the molecule is COc1ccc(C2=NN(C(=O)COc3ncnc4ccccc34)[C@@H](c3ccco3)C2)cc1. The molecule has 160 valence electrons. The lowest BCUT2D eigenvalue weighted by Gasteiger charge is -2.20. The van der Waals surface area contributed by atoms with Crippen LogP contribution in [-0.2, 0) is 4.79 Å². The van der Waals surface area contributed by atoms with Crippen LogP contribution in [0.5, 0.6) is 11.6 Å². The third kappa shape index (κ3) is 3.78. The van der Waals surface area contributed by atoms with E-state index in [0.29, 0.717) is 18.1 Å². The third-order valence-electron chi connectivity index (χ3n) is 5.30. The number of para-hydroxylation sites is 1. The number of hydrazone groups is 1. The van der Waals surface area contributed by atoms with Crippen LogP contribution in [-0.4, -0.2) is 40.3 Å². The van der Waals surface area contributed by atoms with Crippen LogP contribution in [0, 0.1) is 0 Å². The number of ether oxygens (including phenoxy) is 2. The Morgan fingerprint density at radius 2 is 1.94 bits per heavy atom. The highest BCUT2D eigenvalue weighted by molar-refractivity contribution is 6.03. The summed E-state index contributed by atoms with van der Waals surface area (Å²) in [5.74, 6) is 1.49. The molecule has 4 aromatic rings. The maximum Gasteiger partial charge on any atom is 0.281 e. The monoisotopic (exact) mass is 428 g/mol. The van der Waals surface area contributed by atoms with Crippen LogP contribution in [0.3, 0.4) is 0 Å². The Morgan fingerprint density at radius 3 is 2.72 bits per heavy atom. The van der Waals surface area contributed by atoms with Crippen LogP contribution in [0.2, 0.25) is 0 Å². The van der Waals surface area contributed by atoms with Gasteiger partial charge in [-0.05, 0) is 54.1 Å². The largest absolute Gasteiger partial charge is 0.497 e. The van der Waals surface area contributed by atoms with Gasteiger partial charge in [-0.15, -0.1) is 0 Å². The minimum Gasteiger partial charge on any atom is -0.497 e. The van der Waals surface area contributed by atoms with Crippen molar-refractivity contribution >= 4 is 22.5 Å². The molecular formula is C24H20N4O4. The Kier molecular flexibility index (Phi) is 5.25. The van der Waals surface area contributed by atoms with E-state index < -0.39 is 0 Å². The van der Waals surface area contributed by atoms with Gasteiger partial charge in [0, 0.05) is 6.42 Å². The van der Waals surface area contributed by atoms with Crippen molar-refractivity contribution in [1.82, 2.24) is 15.0 Å². The first kappa shape index (κ1) is 19.7. The Bertz CT molecular complexity index is 1260. The summed E-state index contributed by atoms with van der Waals surface area (Å²) in [6, 6.07) is 18.4. The fraction of sp³-hybridized carbons (Fsp3) is 0.167. The second kappa shape index (κ2) is 8.50. The molecule has 0 saturated heterocycles. The summed E-state index contributed by atoms with van der Waals surface area (Å²) in [6.07, 6.45) is 3.54. The van der Waals surface area contributed by atoms with Crippen molar-refractivity contribution in [3.05, 3.63) is 84.6 Å². The van der Waals surface area contributed by atoms with Crippen molar-refractivity contribution < 1.29 is 18.7 Å². The van der Waals surface area contributed by atoms with E-state index in [2.05, 4.69) is 15.1 Å². The molecule has 1 amide bonds. The van der Waals surface area contributed by atoms with Gasteiger partial charge in [-0.3, -0.25) is 4.79 Å². The lowest BCUT2D eigenvalue weighted by Crippen LogP contribution is -2.31. The molecule has 0 unspecified atom stereocenters. The molecule has 0 radical (unpaired) electrons. The minimum absolute atomic E-state index is 0.211. The Hall–Kier alpha value is -4.20. The number of methoxy groups -OCH3 is 1. The smallest absolute Gasteiger partial charge is 0.281 e. The van der Waals surface area contributed by atoms with Gasteiger partial charge < -0.3 is 13.9 Å². The number of benzene rings is 2. The number of furan rings is 1. The summed E-state index contributed by atoms with van der Waals surface area (Å²) in [7, 11) is 1.62. The zero-order valence-electron chi connectivity index (χ0n) is 17.3. The highest BCUT2D eigenvalue weighted by atomic mass is 16.5. The molecule has 0 N–H and O–H groups in total. The molecular weight excluding hydrogens is 408 g/mol. The van der Waals surface area contributed by atoms with Crippen molar-refractivity contribution in [3.8, 4) is 11.6 Å². The molecule has 1 aliphatic rings. The number of rotatable bonds is 6. The number of carbonyl (C=O) groups is 1. The molecule has 1 atom stereocenters. The molecule has 3 heterocycles. The Morgan fingerprint density at radius 1 is 1.09 bits per heavy atom. The highest BCUT2D eigenvalue weighted by Gasteiger charge is 2.35. The number of aromatic nitrogens is 2. The number of hydrogen-bond acceptors (Lipinski definition) is 7. The Labute approximate surface area is 184 Å². The lowest BCUT2D eigenvalue weighted by atomic mass is 10.0. The van der Waals surface area contributed by atoms with E-state index >= 15 is 0 Å². The van der Waals surface area contributed by atoms with E-state index in [0.717, 1.165) is 27.9 Å². The molecule has 8 nitrogen and oxygen atoms in total. The van der Waals surface area contributed by atoms with E-state index in [4.69, 9.17) is 13.9 Å². The van der Waals surface area contributed by atoms with Crippen LogP contribution < -0.4 is 9.47 Å². The Balaban J connectivity index is 1.39. The molecule has 5 rings (SSSR count). The van der Waals surface area contributed by atoms with Crippen LogP contribution in [0.25, 0.3) is 10.9 Å². The van der Waals surface area contributed by atoms with Crippen molar-refractivity contribution in [3.63, 3.8) is 0 Å². The molecule has 2 aromatic heterocycles. The molecule has 0 saturated carbocycles. The summed E-state index contributed by atoms with van der Waals surface area (Å²) in [5.41, 5.74) is 2.45. The first-order chi connectivity index (χ1) is 15.7. The van der Waals surface area contributed by atoms with Gasteiger partial charge in [0.15, 0.2) is 6.61 Å². The highest BCUT2D eigenvalue weighted by Crippen LogP contribution is 2.33. The first-order valence-corrected chi connectivity index (χ1v) is 10.1. The fourth-order valence-corrected chi connectivity index (χ4v) is 3.69. The van der Waals surface area contributed by atoms with E-state index in [1.165, 1.54) is 11.3 Å². The summed E-state index contributed by atoms with van der Waals surface area (Å²) >= 11 is 0. The van der Waals surface area contributed by atoms with E-state index in [-0.39, 0.29) is 18.6 Å². The van der Waals surface area contributed by atoms with Gasteiger partial charge in [0.25, 0.3) is 5.91 Å². The standard InChI is InChI=1S/C24H20N4O4/c1-30-17-10-8-16(9-11-17)20-13-21(22-7-4-12-31-22)28(27-20)23(29)14-32-24-18-5-2-3-6-19(18)25-15-26-24/h2-12,15,21H,13-14H2,1H3/t21-/m1/s1. The van der Waals surface area contributed by atoms with Gasteiger partial charge >= 0.3 is 0 Å². The molecule has 0 fully saturated rings. The summed E-state index contributed by atoms with van der Waals surface area (Å²) in [6.45, 7) is -0.211. The number of fused-ring (bicyclic) bond motifs is 1. The zero-order valence-corrected chi connectivity index (χ0v) is 17.3. The van der Waals surface area contributed by atoms with Gasteiger partial charge in [0.05, 0.1) is 30.0 Å². The summed E-state index contributed by atoms with van der Waals surface area (Å²) in [5, 5.41) is 6.79. The average molecular weight is 428 g/mol. The predicted octanol–water partition coefficient (Wildman–Crippen LogP) is 3.99. The van der Waals surface area contributed by atoms with Crippen LogP contribution >= 0.6 is 0 Å². The van der Waals surface area contributed by atoms with Gasteiger partial charge in [0.1, 0.15) is 23.9 Å². The topological polar surface area (TPSA) is 90.0 Å². The lowest BCUT2D eigenvalue weighted by molar-refractivity contribution is -0.135. The van der Waals surface area contributed by atoms with Crippen LogP contribution in [0.1, 0.15) is 23.8 Å². The van der Waals surface area contributed by atoms with E-state index in [1.807, 2.05) is 54.6 Å². The minimum atomic E-state index is -0.347. The fourth-order valence-electron chi connectivity index (χ4n) is 3.69. The molecule has 32 heavy (non-hydrogen) atoms. The third-order valence-corrected chi connectivity index (χ3v) is 5.30. The van der Waals surface area contributed by atoms with Crippen molar-refractivity contribution in [2.75, 3.05) is 13.7 Å². The number of carbonyl (C=O) groups excluding carboxylic acids is 1. The van der Waals surface area contributed by atoms with Gasteiger partial charge in [0.2, 0.25) is 5.88 Å². The quantitative estimate of drug-likeness (QED) is 0.461.